The van der Waals surface area contributed by atoms with E-state index >= 15 is 0 Å². The summed E-state index contributed by atoms with van der Waals surface area (Å²) in [7, 11) is 1.60. The first-order chi connectivity index (χ1) is 10.7. The Morgan fingerprint density at radius 2 is 1.86 bits per heavy atom. The third kappa shape index (κ3) is 2.41. The second-order valence-electron chi connectivity index (χ2n) is 4.83. The monoisotopic (exact) mass is 295 g/mol. The van der Waals surface area contributed by atoms with Crippen molar-refractivity contribution in [2.24, 2.45) is 0 Å². The molecule has 0 bridgehead atoms. The number of rotatable bonds is 4. The minimum absolute atomic E-state index is 0.158. The van der Waals surface area contributed by atoms with Crippen LogP contribution in [0.5, 0.6) is 5.75 Å². The minimum Gasteiger partial charge on any atom is -0.497 e. The fraction of sp³-hybridized carbons (Fsp3) is 0.176. The molecule has 0 saturated heterocycles. The van der Waals surface area contributed by atoms with Crippen LogP contribution in [0.3, 0.4) is 0 Å². The van der Waals surface area contributed by atoms with Crippen molar-refractivity contribution in [3.8, 4) is 22.8 Å². The van der Waals surface area contributed by atoms with Gasteiger partial charge in [-0.1, -0.05) is 36.4 Å². The van der Waals surface area contributed by atoms with Crippen LogP contribution in [0.15, 0.2) is 59.4 Å². The van der Waals surface area contributed by atoms with E-state index in [-0.39, 0.29) is 5.69 Å². The van der Waals surface area contributed by atoms with E-state index in [0.29, 0.717) is 23.8 Å². The van der Waals surface area contributed by atoms with Gasteiger partial charge >= 0.3 is 5.69 Å². The van der Waals surface area contributed by atoms with Gasteiger partial charge in [0.2, 0.25) is 0 Å². The van der Waals surface area contributed by atoms with Gasteiger partial charge in [0.1, 0.15) is 5.75 Å². The van der Waals surface area contributed by atoms with E-state index in [0.717, 1.165) is 5.56 Å². The normalized spacial score (nSPS) is 10.6. The van der Waals surface area contributed by atoms with Gasteiger partial charge in [0, 0.05) is 18.2 Å². The van der Waals surface area contributed by atoms with Gasteiger partial charge < -0.3 is 4.74 Å². The molecule has 0 spiro atoms. The second-order valence-corrected chi connectivity index (χ2v) is 4.83. The van der Waals surface area contributed by atoms with Gasteiger partial charge in [-0.25, -0.2) is 4.79 Å². The number of aromatic nitrogens is 3. The fourth-order valence-corrected chi connectivity index (χ4v) is 2.39. The number of methoxy groups -OCH3 is 1. The number of ether oxygens (including phenoxy) is 1. The summed E-state index contributed by atoms with van der Waals surface area (Å²) in [6.45, 7) is 2.50. The standard InChI is InChI=1S/C17H17N3O2/c1-3-19-16(13-8-5-4-6-9-13)18-20(17(19)21)14-10-7-11-15(12-14)22-2/h4-12H,3H2,1-2H3. The summed E-state index contributed by atoms with van der Waals surface area (Å²) >= 11 is 0. The Balaban J connectivity index is 2.18. The predicted molar refractivity (Wildman–Crippen MR) is 85.5 cm³/mol. The summed E-state index contributed by atoms with van der Waals surface area (Å²) in [5, 5.41) is 4.51. The minimum atomic E-state index is -0.158. The van der Waals surface area contributed by atoms with Crippen LogP contribution in [-0.2, 0) is 6.54 Å². The highest BCUT2D eigenvalue weighted by Crippen LogP contribution is 2.18. The second kappa shape index (κ2) is 5.89. The molecule has 0 N–H and O–H groups in total. The molecule has 0 radical (unpaired) electrons. The zero-order valence-corrected chi connectivity index (χ0v) is 12.6. The van der Waals surface area contributed by atoms with E-state index < -0.39 is 0 Å². The van der Waals surface area contributed by atoms with E-state index in [1.807, 2.05) is 55.5 Å². The van der Waals surface area contributed by atoms with Crippen molar-refractivity contribution in [1.29, 1.82) is 0 Å². The third-order valence-corrected chi connectivity index (χ3v) is 3.51. The number of hydrogen-bond acceptors (Lipinski definition) is 3. The zero-order chi connectivity index (χ0) is 15.5. The molecule has 2 aromatic carbocycles. The molecule has 3 aromatic rings. The molecule has 3 rings (SSSR count). The van der Waals surface area contributed by atoms with Gasteiger partial charge in [-0.05, 0) is 19.1 Å². The van der Waals surface area contributed by atoms with E-state index in [1.54, 1.807) is 17.7 Å². The van der Waals surface area contributed by atoms with E-state index in [9.17, 15) is 4.79 Å². The summed E-state index contributed by atoms with van der Waals surface area (Å²) in [5.41, 5.74) is 1.45. The lowest BCUT2D eigenvalue weighted by molar-refractivity contribution is 0.414. The van der Waals surface area contributed by atoms with Crippen molar-refractivity contribution < 1.29 is 4.74 Å². The average Bonchev–Trinajstić information content (AvgIpc) is 2.92. The summed E-state index contributed by atoms with van der Waals surface area (Å²) in [6.07, 6.45) is 0. The quantitative estimate of drug-likeness (QED) is 0.743. The molecule has 0 fully saturated rings. The van der Waals surface area contributed by atoms with Gasteiger partial charge in [-0.15, -0.1) is 5.10 Å². The molecule has 0 aliphatic carbocycles. The molecule has 1 heterocycles. The number of nitrogens with zero attached hydrogens (tertiary/aromatic N) is 3. The Morgan fingerprint density at radius 3 is 2.55 bits per heavy atom. The van der Waals surface area contributed by atoms with Crippen molar-refractivity contribution >= 4 is 0 Å². The maximum Gasteiger partial charge on any atom is 0.350 e. The van der Waals surface area contributed by atoms with Gasteiger partial charge in [-0.2, -0.15) is 4.68 Å². The first kappa shape index (κ1) is 14.1. The molecule has 112 valence electrons. The van der Waals surface area contributed by atoms with Gasteiger partial charge in [0.25, 0.3) is 0 Å². The smallest absolute Gasteiger partial charge is 0.350 e. The van der Waals surface area contributed by atoms with Crippen LogP contribution in [0.25, 0.3) is 17.1 Å². The Bertz CT molecular complexity index is 835. The Labute approximate surface area is 128 Å². The molecule has 5 nitrogen and oxygen atoms in total. The highest BCUT2D eigenvalue weighted by Gasteiger charge is 2.15. The molecular weight excluding hydrogens is 278 g/mol. The largest absolute Gasteiger partial charge is 0.497 e. The van der Waals surface area contributed by atoms with Crippen LogP contribution < -0.4 is 10.4 Å². The van der Waals surface area contributed by atoms with Crippen LogP contribution in [0.1, 0.15) is 6.92 Å². The van der Waals surface area contributed by atoms with Crippen molar-refractivity contribution in [1.82, 2.24) is 14.3 Å². The molecule has 0 saturated carbocycles. The summed E-state index contributed by atoms with van der Waals surface area (Å²) in [5.74, 6) is 1.35. The van der Waals surface area contributed by atoms with Crippen LogP contribution >= 0.6 is 0 Å². The van der Waals surface area contributed by atoms with Crippen molar-refractivity contribution in [2.75, 3.05) is 7.11 Å². The molecule has 1 aromatic heterocycles. The van der Waals surface area contributed by atoms with Crippen LogP contribution in [-0.4, -0.2) is 21.5 Å². The first-order valence-electron chi connectivity index (χ1n) is 7.14. The summed E-state index contributed by atoms with van der Waals surface area (Å²) in [4.78, 5) is 12.6. The van der Waals surface area contributed by atoms with E-state index in [4.69, 9.17) is 4.74 Å². The van der Waals surface area contributed by atoms with Gasteiger partial charge in [0.15, 0.2) is 5.82 Å². The third-order valence-electron chi connectivity index (χ3n) is 3.51. The lowest BCUT2D eigenvalue weighted by Crippen LogP contribution is -2.23. The van der Waals surface area contributed by atoms with Crippen molar-refractivity contribution in [2.45, 2.75) is 13.5 Å². The Hall–Kier alpha value is -2.82. The molecule has 22 heavy (non-hydrogen) atoms. The van der Waals surface area contributed by atoms with Gasteiger partial charge in [0.05, 0.1) is 12.8 Å². The maximum absolute atomic E-state index is 12.6. The predicted octanol–water partition coefficient (Wildman–Crippen LogP) is 2.73. The zero-order valence-electron chi connectivity index (χ0n) is 12.6. The first-order valence-corrected chi connectivity index (χ1v) is 7.14. The highest BCUT2D eigenvalue weighted by molar-refractivity contribution is 5.55. The molecular formula is C17H17N3O2. The molecule has 5 heteroatoms. The number of benzene rings is 2. The fourth-order valence-electron chi connectivity index (χ4n) is 2.39. The summed E-state index contributed by atoms with van der Waals surface area (Å²) in [6, 6.07) is 17.0. The molecule has 0 unspecified atom stereocenters. The molecule has 0 amide bonds. The average molecular weight is 295 g/mol. The lowest BCUT2D eigenvalue weighted by atomic mass is 10.2. The van der Waals surface area contributed by atoms with Crippen LogP contribution in [0.2, 0.25) is 0 Å². The Morgan fingerprint density at radius 1 is 1.09 bits per heavy atom. The maximum atomic E-state index is 12.6. The molecule has 0 atom stereocenters. The van der Waals surface area contributed by atoms with Gasteiger partial charge in [-0.3, -0.25) is 4.57 Å². The number of hydrogen-bond donors (Lipinski definition) is 0. The molecule has 0 aliphatic rings. The lowest BCUT2D eigenvalue weighted by Gasteiger charge is -2.02. The van der Waals surface area contributed by atoms with Crippen LogP contribution in [0, 0.1) is 0 Å². The van der Waals surface area contributed by atoms with E-state index in [2.05, 4.69) is 5.10 Å². The SMILES string of the molecule is CCn1c(-c2ccccc2)nn(-c2cccc(OC)c2)c1=O. The van der Waals surface area contributed by atoms with Crippen molar-refractivity contribution in [3.63, 3.8) is 0 Å². The Kier molecular flexibility index (Phi) is 3.78. The van der Waals surface area contributed by atoms with Crippen LogP contribution in [0.4, 0.5) is 0 Å². The van der Waals surface area contributed by atoms with E-state index in [1.165, 1.54) is 4.68 Å². The molecule has 0 aliphatic heterocycles. The highest BCUT2D eigenvalue weighted by atomic mass is 16.5. The summed E-state index contributed by atoms with van der Waals surface area (Å²) < 4.78 is 8.29. The van der Waals surface area contributed by atoms with Crippen molar-refractivity contribution in [3.05, 3.63) is 65.1 Å². The topological polar surface area (TPSA) is 49.0 Å².